The Bertz CT molecular complexity index is 1240. The van der Waals surface area contributed by atoms with Gasteiger partial charge in [0, 0.05) is 24.4 Å². The van der Waals surface area contributed by atoms with Crippen molar-refractivity contribution in [2.75, 3.05) is 13.2 Å². The van der Waals surface area contributed by atoms with Gasteiger partial charge in [0.1, 0.15) is 18.2 Å². The number of aromatic nitrogens is 3. The minimum absolute atomic E-state index is 0.184. The number of halogens is 2. The van der Waals surface area contributed by atoms with Crippen molar-refractivity contribution in [3.05, 3.63) is 69.5 Å². The Morgan fingerprint density at radius 2 is 2.19 bits per heavy atom. The van der Waals surface area contributed by atoms with Gasteiger partial charge in [-0.2, -0.15) is 5.10 Å². The Labute approximate surface area is 189 Å². The van der Waals surface area contributed by atoms with Crippen LogP contribution in [-0.4, -0.2) is 44.8 Å². The molecule has 0 saturated heterocycles. The highest BCUT2D eigenvalue weighted by molar-refractivity contribution is 6.31. The van der Waals surface area contributed by atoms with Crippen molar-refractivity contribution < 1.29 is 13.9 Å². The highest BCUT2D eigenvalue weighted by atomic mass is 35.5. The van der Waals surface area contributed by atoms with Crippen LogP contribution in [0.15, 0.2) is 30.5 Å². The number of amides is 1. The summed E-state index contributed by atoms with van der Waals surface area (Å²) in [5, 5.41) is 15.0. The van der Waals surface area contributed by atoms with Crippen molar-refractivity contribution in [3.8, 4) is 5.75 Å². The summed E-state index contributed by atoms with van der Waals surface area (Å²) in [5.41, 5.74) is 4.14. The van der Waals surface area contributed by atoms with E-state index in [1.165, 1.54) is 24.3 Å². The number of nitrogens with one attached hydrogen (secondary N) is 2. The van der Waals surface area contributed by atoms with Gasteiger partial charge >= 0.3 is 0 Å². The van der Waals surface area contributed by atoms with Crippen LogP contribution in [0.5, 0.6) is 5.75 Å². The lowest BCUT2D eigenvalue weighted by Crippen LogP contribution is -2.27. The zero-order valence-corrected chi connectivity index (χ0v) is 18.4. The van der Waals surface area contributed by atoms with E-state index in [0.717, 1.165) is 23.2 Å². The first kappa shape index (κ1) is 21.8. The van der Waals surface area contributed by atoms with Gasteiger partial charge in [-0.1, -0.05) is 11.6 Å². The summed E-state index contributed by atoms with van der Waals surface area (Å²) in [6.45, 7) is 5.05. The Morgan fingerprint density at radius 3 is 2.97 bits per heavy atom. The number of ether oxygens (including phenoxy) is 1. The van der Waals surface area contributed by atoms with Gasteiger partial charge in [-0.15, -0.1) is 0 Å². The first-order valence-electron chi connectivity index (χ1n) is 10.0. The third-order valence-electron chi connectivity index (χ3n) is 5.23. The molecule has 166 valence electrons. The van der Waals surface area contributed by atoms with Crippen LogP contribution >= 0.6 is 11.6 Å². The molecule has 10 heteroatoms. The van der Waals surface area contributed by atoms with Crippen molar-refractivity contribution in [1.29, 1.82) is 5.41 Å². The molecule has 8 nitrogen and oxygen atoms in total. The van der Waals surface area contributed by atoms with Gasteiger partial charge in [-0.25, -0.2) is 13.9 Å². The Morgan fingerprint density at radius 1 is 1.38 bits per heavy atom. The smallest absolute Gasteiger partial charge is 0.258 e. The molecule has 32 heavy (non-hydrogen) atoms. The molecule has 0 fully saturated rings. The van der Waals surface area contributed by atoms with Crippen molar-refractivity contribution in [2.24, 2.45) is 0 Å². The van der Waals surface area contributed by atoms with E-state index in [9.17, 15) is 9.18 Å². The summed E-state index contributed by atoms with van der Waals surface area (Å²) in [6.07, 6.45) is 4.29. The van der Waals surface area contributed by atoms with E-state index >= 15 is 0 Å². The number of rotatable bonds is 7. The Hall–Kier alpha value is -3.46. The number of hydrogen-bond donors (Lipinski definition) is 2. The number of hydrogen-bond acceptors (Lipinski definition) is 6. The molecule has 3 aromatic rings. The van der Waals surface area contributed by atoms with Crippen molar-refractivity contribution >= 4 is 29.4 Å². The minimum Gasteiger partial charge on any atom is -0.491 e. The predicted molar refractivity (Wildman–Crippen MR) is 119 cm³/mol. The first-order valence-corrected chi connectivity index (χ1v) is 10.4. The van der Waals surface area contributed by atoms with Crippen LogP contribution in [-0.2, 0) is 13.1 Å². The zero-order valence-electron chi connectivity index (χ0n) is 17.7. The average molecular weight is 457 g/mol. The third kappa shape index (κ3) is 4.03. The fourth-order valence-corrected chi connectivity index (χ4v) is 3.76. The van der Waals surface area contributed by atoms with Gasteiger partial charge in [-0.05, 0) is 38.3 Å². The second-order valence-electron chi connectivity index (χ2n) is 7.39. The topological polar surface area (TPSA) is 95.6 Å². The van der Waals surface area contributed by atoms with Crippen LogP contribution in [0, 0.1) is 25.1 Å². The monoisotopic (exact) mass is 456 g/mol. The molecule has 1 amide bonds. The quantitative estimate of drug-likeness (QED) is 0.419. The van der Waals surface area contributed by atoms with E-state index in [1.807, 2.05) is 13.8 Å². The number of benzene rings is 1. The maximum Gasteiger partial charge on any atom is 0.258 e. The summed E-state index contributed by atoms with van der Waals surface area (Å²) in [7, 11) is 0. The van der Waals surface area contributed by atoms with Crippen molar-refractivity contribution in [1.82, 2.24) is 24.8 Å². The average Bonchev–Trinajstić information content (AvgIpc) is 3.33. The lowest BCUT2D eigenvalue weighted by molar-refractivity contribution is 0.0745. The molecule has 0 atom stereocenters. The molecule has 4 rings (SSSR count). The zero-order chi connectivity index (χ0) is 22.8. The van der Waals surface area contributed by atoms with Crippen LogP contribution in [0.4, 0.5) is 4.39 Å². The van der Waals surface area contributed by atoms with E-state index in [-0.39, 0.29) is 23.8 Å². The van der Waals surface area contributed by atoms with E-state index < -0.39 is 5.82 Å². The molecule has 3 heterocycles. The van der Waals surface area contributed by atoms with Crippen LogP contribution in [0.3, 0.4) is 0 Å². The highest BCUT2D eigenvalue weighted by Crippen LogP contribution is 2.31. The molecule has 0 saturated carbocycles. The fourth-order valence-electron chi connectivity index (χ4n) is 3.64. The van der Waals surface area contributed by atoms with E-state index in [0.29, 0.717) is 36.0 Å². The second-order valence-corrected chi connectivity index (χ2v) is 7.77. The number of aryl methyl sites for hydroxylation is 2. The molecule has 1 aromatic carbocycles. The van der Waals surface area contributed by atoms with Gasteiger partial charge in [0.25, 0.3) is 5.91 Å². The first-order chi connectivity index (χ1) is 15.4. The number of carbonyl (C=O) groups excluding carboxylic acids is 1. The largest absolute Gasteiger partial charge is 0.491 e. The predicted octanol–water partition coefficient (Wildman–Crippen LogP) is 3.43. The molecule has 0 spiro atoms. The van der Waals surface area contributed by atoms with Gasteiger partial charge < -0.3 is 20.4 Å². The summed E-state index contributed by atoms with van der Waals surface area (Å²) < 4.78 is 21.2. The molecule has 2 aromatic heterocycles. The highest BCUT2D eigenvalue weighted by Gasteiger charge is 2.31. The third-order valence-corrected chi connectivity index (χ3v) is 5.78. The summed E-state index contributed by atoms with van der Waals surface area (Å²) in [6, 6.07) is 3.89. The van der Waals surface area contributed by atoms with Crippen LogP contribution in [0.2, 0.25) is 5.02 Å². The number of carbonyl (C=O) groups is 1. The number of nitrogens with zero attached hydrogens (tertiary/aromatic N) is 4. The van der Waals surface area contributed by atoms with Crippen molar-refractivity contribution in [3.63, 3.8) is 0 Å². The number of allylic oxidation sites excluding steroid dienone is 1. The van der Waals surface area contributed by atoms with Gasteiger partial charge in [0.05, 0.1) is 40.8 Å². The van der Waals surface area contributed by atoms with Crippen molar-refractivity contribution in [2.45, 2.75) is 26.9 Å². The molecule has 0 aliphatic carbocycles. The van der Waals surface area contributed by atoms with Crippen LogP contribution in [0.25, 0.3) is 5.65 Å². The molecular formula is C22H22ClFN6O2. The fraction of sp³-hybridized carbons (Fsp3) is 0.273. The maximum atomic E-state index is 13.8. The molecule has 0 radical (unpaired) electrons. The summed E-state index contributed by atoms with van der Waals surface area (Å²) in [4.78, 5) is 19.4. The van der Waals surface area contributed by atoms with Gasteiger partial charge in [-0.3, -0.25) is 4.79 Å². The molecule has 0 bridgehead atoms. The minimum atomic E-state index is -0.484. The standard InChI is InChI=1S/C22H22ClFN6O2/c1-13-20(23)14(2)30-21(27-13)17-11-29(12-18(17)28-30)22(31)16-5-4-15(24)10-19(16)32-9-8-26-7-3-6-25/h3-7,10,25-26H,8-9,11-12H2,1-2H3/b7-3-,25-6?. The Balaban J connectivity index is 1.53. The van der Waals surface area contributed by atoms with E-state index in [2.05, 4.69) is 15.4 Å². The van der Waals surface area contributed by atoms with Gasteiger partial charge in [0.15, 0.2) is 5.65 Å². The SMILES string of the molecule is Cc1nc2c3c(nn2c(C)c1Cl)CN(C(=O)c1ccc(F)cc1OCCN/C=C\C=N)C3. The molecule has 0 unspecified atom stereocenters. The summed E-state index contributed by atoms with van der Waals surface area (Å²) >= 11 is 6.30. The van der Waals surface area contributed by atoms with Crippen LogP contribution in [0.1, 0.15) is 33.0 Å². The van der Waals surface area contributed by atoms with Crippen LogP contribution < -0.4 is 10.1 Å². The lowest BCUT2D eigenvalue weighted by atomic mass is 10.1. The second kappa shape index (κ2) is 8.96. The Kier molecular flexibility index (Phi) is 6.09. The van der Waals surface area contributed by atoms with E-state index in [4.69, 9.17) is 21.7 Å². The maximum absolute atomic E-state index is 13.8. The molecule has 1 aliphatic rings. The molecule has 1 aliphatic heterocycles. The lowest BCUT2D eigenvalue weighted by Gasteiger charge is -2.18. The molecular weight excluding hydrogens is 435 g/mol. The van der Waals surface area contributed by atoms with E-state index in [1.54, 1.807) is 15.6 Å². The summed E-state index contributed by atoms with van der Waals surface area (Å²) in [5.74, 6) is -0.568. The normalized spacial score (nSPS) is 13.1. The number of fused-ring (bicyclic) bond motifs is 3. The van der Waals surface area contributed by atoms with Gasteiger partial charge in [0.2, 0.25) is 0 Å². The molecule has 2 N–H and O–H groups in total.